The van der Waals surface area contributed by atoms with Gasteiger partial charge in [-0.1, -0.05) is 6.42 Å². The quantitative estimate of drug-likeness (QED) is 0.347. The maximum absolute atomic E-state index is 10.4. The minimum atomic E-state index is -0.795. The van der Waals surface area contributed by atoms with Crippen LogP contribution >= 0.6 is 0 Å². The van der Waals surface area contributed by atoms with E-state index >= 15 is 0 Å². The molecule has 1 saturated carbocycles. The van der Waals surface area contributed by atoms with Gasteiger partial charge in [0.2, 0.25) is 0 Å². The van der Waals surface area contributed by atoms with Crippen LogP contribution in [0.15, 0.2) is 0 Å². The minimum absolute atomic E-state index is 0.0490. The lowest BCUT2D eigenvalue weighted by Crippen LogP contribution is -2.53. The Balaban J connectivity index is 2.46. The van der Waals surface area contributed by atoms with Crippen LogP contribution < -0.4 is 10.6 Å². The van der Waals surface area contributed by atoms with Crippen molar-refractivity contribution in [3.05, 3.63) is 0 Å². The van der Waals surface area contributed by atoms with E-state index in [-0.39, 0.29) is 11.6 Å². The Morgan fingerprint density at radius 1 is 1.29 bits per heavy atom. The van der Waals surface area contributed by atoms with Crippen LogP contribution in [0.5, 0.6) is 0 Å². The Labute approximate surface area is 147 Å². The zero-order valence-electron chi connectivity index (χ0n) is 16.0. The highest BCUT2D eigenvalue weighted by atomic mass is 16.6. The van der Waals surface area contributed by atoms with E-state index in [4.69, 9.17) is 14.2 Å². The van der Waals surface area contributed by atoms with Gasteiger partial charge in [-0.05, 0) is 59.0 Å². The van der Waals surface area contributed by atoms with E-state index in [1.54, 1.807) is 7.11 Å². The number of hydrogen-bond acceptors (Lipinski definition) is 6. The van der Waals surface area contributed by atoms with E-state index in [9.17, 15) is 5.11 Å². The number of aliphatic hydroxyl groups excluding tert-OH is 1. The number of ether oxygens (including phenoxy) is 3. The Morgan fingerprint density at radius 2 is 2.08 bits per heavy atom. The van der Waals surface area contributed by atoms with Gasteiger partial charge in [-0.25, -0.2) is 0 Å². The van der Waals surface area contributed by atoms with Gasteiger partial charge in [0.25, 0.3) is 0 Å². The van der Waals surface area contributed by atoms with Crippen molar-refractivity contribution in [1.82, 2.24) is 10.6 Å². The average Bonchev–Trinajstić information content (AvgIpc) is 2.56. The van der Waals surface area contributed by atoms with Gasteiger partial charge in [-0.15, -0.1) is 0 Å². The summed E-state index contributed by atoms with van der Waals surface area (Å²) >= 11 is 0. The molecule has 4 atom stereocenters. The van der Waals surface area contributed by atoms with Crippen molar-refractivity contribution in [2.45, 2.75) is 63.8 Å². The highest BCUT2D eigenvalue weighted by Crippen LogP contribution is 2.35. The third-order valence-corrected chi connectivity index (χ3v) is 4.96. The number of methoxy groups -OCH3 is 1. The summed E-state index contributed by atoms with van der Waals surface area (Å²) in [6, 6.07) is -0.0490. The van der Waals surface area contributed by atoms with Gasteiger partial charge in [0, 0.05) is 25.9 Å². The maximum Gasteiger partial charge on any atom is 0.170 e. The fraction of sp³-hybridized carbons (Fsp3) is 1.00. The average molecular weight is 347 g/mol. The molecule has 0 aromatic heterocycles. The van der Waals surface area contributed by atoms with Crippen LogP contribution in [0.2, 0.25) is 0 Å². The predicted molar refractivity (Wildman–Crippen MR) is 96.2 cm³/mol. The lowest BCUT2D eigenvalue weighted by atomic mass is 9.73. The number of hydrogen-bond donors (Lipinski definition) is 3. The van der Waals surface area contributed by atoms with Gasteiger partial charge >= 0.3 is 0 Å². The van der Waals surface area contributed by atoms with Crippen molar-refractivity contribution in [2.75, 3.05) is 47.1 Å². The minimum Gasteiger partial charge on any atom is -0.385 e. The number of nitrogens with one attached hydrogen (secondary N) is 2. The SMILES string of the molecule is CCOCCOC(O)C(NC)C1CCCC(C)(NCCCOC)C1. The lowest BCUT2D eigenvalue weighted by molar-refractivity contribution is -0.142. The molecule has 4 unspecified atom stereocenters. The molecule has 6 nitrogen and oxygen atoms in total. The van der Waals surface area contributed by atoms with Gasteiger partial charge in [0.15, 0.2) is 6.29 Å². The molecular formula is C18H38N2O4. The smallest absolute Gasteiger partial charge is 0.170 e. The molecule has 0 aliphatic heterocycles. The first-order chi connectivity index (χ1) is 11.6. The third kappa shape index (κ3) is 7.76. The molecular weight excluding hydrogens is 308 g/mol. The normalized spacial score (nSPS) is 27.1. The van der Waals surface area contributed by atoms with Crippen molar-refractivity contribution >= 4 is 0 Å². The first-order valence-corrected chi connectivity index (χ1v) is 9.35. The van der Waals surface area contributed by atoms with Crippen LogP contribution in [-0.4, -0.2) is 70.1 Å². The van der Waals surface area contributed by atoms with Crippen LogP contribution in [0.1, 0.15) is 46.0 Å². The predicted octanol–water partition coefficient (Wildman–Crippen LogP) is 1.52. The van der Waals surface area contributed by atoms with Crippen molar-refractivity contribution < 1.29 is 19.3 Å². The van der Waals surface area contributed by atoms with Gasteiger partial charge in [0.1, 0.15) is 0 Å². The summed E-state index contributed by atoms with van der Waals surface area (Å²) in [7, 11) is 3.64. The molecule has 24 heavy (non-hydrogen) atoms. The molecule has 0 bridgehead atoms. The molecule has 1 rings (SSSR count). The molecule has 0 aromatic carbocycles. The van der Waals surface area contributed by atoms with Crippen molar-refractivity contribution in [1.29, 1.82) is 0 Å². The van der Waals surface area contributed by atoms with Crippen molar-refractivity contribution in [2.24, 2.45) is 5.92 Å². The molecule has 0 saturated heterocycles. The van der Waals surface area contributed by atoms with E-state index in [0.717, 1.165) is 32.4 Å². The summed E-state index contributed by atoms with van der Waals surface area (Å²) in [5, 5.41) is 17.4. The van der Waals surface area contributed by atoms with Crippen LogP contribution in [0.4, 0.5) is 0 Å². The highest BCUT2D eigenvalue weighted by molar-refractivity contribution is 4.94. The van der Waals surface area contributed by atoms with Crippen LogP contribution in [0.25, 0.3) is 0 Å². The maximum atomic E-state index is 10.4. The largest absolute Gasteiger partial charge is 0.385 e. The summed E-state index contributed by atoms with van der Waals surface area (Å²) < 4.78 is 15.9. The molecule has 1 aliphatic carbocycles. The van der Waals surface area contributed by atoms with Gasteiger partial charge in [-0.2, -0.15) is 0 Å². The van der Waals surface area contributed by atoms with Crippen LogP contribution in [-0.2, 0) is 14.2 Å². The summed E-state index contributed by atoms with van der Waals surface area (Å²) in [6.45, 7) is 7.62. The monoisotopic (exact) mass is 346 g/mol. The van der Waals surface area contributed by atoms with Gasteiger partial charge in [0.05, 0.1) is 19.3 Å². The Kier molecular flexibility index (Phi) is 11.1. The summed E-state index contributed by atoms with van der Waals surface area (Å²) in [5.74, 6) is 0.394. The highest BCUT2D eigenvalue weighted by Gasteiger charge is 2.37. The lowest BCUT2D eigenvalue weighted by Gasteiger charge is -2.43. The second kappa shape index (κ2) is 12.2. The summed E-state index contributed by atoms with van der Waals surface area (Å²) in [6.07, 6.45) is 4.73. The first kappa shape index (κ1) is 21.8. The van der Waals surface area contributed by atoms with Crippen molar-refractivity contribution in [3.8, 4) is 0 Å². The number of aliphatic hydroxyl groups is 1. The van der Waals surface area contributed by atoms with Gasteiger partial charge < -0.3 is 30.0 Å². The number of rotatable bonds is 13. The summed E-state index contributed by atoms with van der Waals surface area (Å²) in [5.41, 5.74) is 0.122. The van der Waals surface area contributed by atoms with E-state index < -0.39 is 6.29 Å². The van der Waals surface area contributed by atoms with Gasteiger partial charge in [-0.3, -0.25) is 0 Å². The fourth-order valence-electron chi connectivity index (χ4n) is 3.70. The molecule has 0 amide bonds. The third-order valence-electron chi connectivity index (χ3n) is 4.96. The molecule has 3 N–H and O–H groups in total. The first-order valence-electron chi connectivity index (χ1n) is 9.35. The number of likely N-dealkylation sites (N-methyl/N-ethyl adjacent to an activating group) is 1. The fourth-order valence-corrected chi connectivity index (χ4v) is 3.70. The Bertz CT molecular complexity index is 319. The molecule has 0 spiro atoms. The van der Waals surface area contributed by atoms with Crippen LogP contribution in [0, 0.1) is 5.92 Å². The van der Waals surface area contributed by atoms with Crippen molar-refractivity contribution in [3.63, 3.8) is 0 Å². The van der Waals surface area contributed by atoms with E-state index in [0.29, 0.717) is 25.7 Å². The molecule has 6 heteroatoms. The molecule has 0 radical (unpaired) electrons. The Morgan fingerprint density at radius 3 is 2.75 bits per heavy atom. The second-order valence-corrected chi connectivity index (χ2v) is 6.96. The molecule has 144 valence electrons. The zero-order chi connectivity index (χ0) is 17.8. The summed E-state index contributed by atoms with van der Waals surface area (Å²) in [4.78, 5) is 0. The van der Waals surface area contributed by atoms with E-state index in [2.05, 4.69) is 17.6 Å². The van der Waals surface area contributed by atoms with E-state index in [1.165, 1.54) is 12.8 Å². The molecule has 1 fully saturated rings. The molecule has 0 heterocycles. The zero-order valence-corrected chi connectivity index (χ0v) is 16.0. The standard InChI is InChI=1S/C18H38N2O4/c1-5-23-12-13-24-17(21)16(19-3)15-8-6-9-18(2,14-15)20-10-7-11-22-4/h15-17,19-21H,5-14H2,1-4H3. The second-order valence-electron chi connectivity index (χ2n) is 6.96. The molecule has 1 aliphatic rings. The van der Waals surface area contributed by atoms with E-state index in [1.807, 2.05) is 14.0 Å². The van der Waals surface area contributed by atoms with Crippen LogP contribution in [0.3, 0.4) is 0 Å². The Hall–Kier alpha value is -0.240. The molecule has 0 aromatic rings. The topological polar surface area (TPSA) is 72.0 Å².